The summed E-state index contributed by atoms with van der Waals surface area (Å²) in [6, 6.07) is 12.6. The van der Waals surface area contributed by atoms with Crippen molar-refractivity contribution >= 4 is 32.7 Å². The number of benzene rings is 2. The molecular weight excluding hydrogens is 356 g/mol. The van der Waals surface area contributed by atoms with Gasteiger partial charge in [-0.3, -0.25) is 4.79 Å². The number of phenolic OH excluding ortho intramolecular Hbond substituents is 1. The third-order valence-corrected chi connectivity index (χ3v) is 4.37. The van der Waals surface area contributed by atoms with E-state index in [2.05, 4.69) is 21.2 Å². The lowest BCUT2D eigenvalue weighted by molar-refractivity contribution is 0.0954. The molecule has 0 unspecified atom stereocenters. The van der Waals surface area contributed by atoms with Crippen LogP contribution in [0.4, 0.5) is 0 Å². The lowest BCUT2D eigenvalue weighted by Crippen LogP contribution is -2.25. The monoisotopic (exact) mass is 372 g/mol. The van der Waals surface area contributed by atoms with Gasteiger partial charge in [0.1, 0.15) is 5.75 Å². The standard InChI is InChI=1S/C18H17BrN2O2/c1-21-11-13(16-10-15(22)6-7-17(16)21)8-9-20-18(23)12-2-4-14(19)5-3-12/h2-7,10-11,22H,8-9H2,1H3,(H,20,23). The third kappa shape index (κ3) is 3.40. The summed E-state index contributed by atoms with van der Waals surface area (Å²) in [6.07, 6.45) is 2.75. The highest BCUT2D eigenvalue weighted by Gasteiger charge is 2.09. The molecule has 3 rings (SSSR count). The van der Waals surface area contributed by atoms with Gasteiger partial charge in [-0.15, -0.1) is 0 Å². The van der Waals surface area contributed by atoms with E-state index in [1.54, 1.807) is 24.3 Å². The van der Waals surface area contributed by atoms with Crippen molar-refractivity contribution in [3.05, 3.63) is 64.3 Å². The van der Waals surface area contributed by atoms with Gasteiger partial charge in [-0.2, -0.15) is 0 Å². The quantitative estimate of drug-likeness (QED) is 0.734. The number of aromatic nitrogens is 1. The first-order chi connectivity index (χ1) is 11.0. The highest BCUT2D eigenvalue weighted by atomic mass is 79.9. The molecule has 3 aromatic rings. The van der Waals surface area contributed by atoms with Gasteiger partial charge < -0.3 is 15.0 Å². The van der Waals surface area contributed by atoms with Gasteiger partial charge in [0, 0.05) is 40.7 Å². The molecule has 1 aromatic heterocycles. The van der Waals surface area contributed by atoms with E-state index < -0.39 is 0 Å². The lowest BCUT2D eigenvalue weighted by Gasteiger charge is -2.05. The van der Waals surface area contributed by atoms with Gasteiger partial charge in [0.2, 0.25) is 0 Å². The van der Waals surface area contributed by atoms with E-state index in [-0.39, 0.29) is 11.7 Å². The number of aromatic hydroxyl groups is 1. The number of hydrogen-bond donors (Lipinski definition) is 2. The number of nitrogens with one attached hydrogen (secondary N) is 1. The fraction of sp³-hybridized carbons (Fsp3) is 0.167. The van der Waals surface area contributed by atoms with Crippen molar-refractivity contribution < 1.29 is 9.90 Å². The number of halogens is 1. The number of rotatable bonds is 4. The Balaban J connectivity index is 1.68. The van der Waals surface area contributed by atoms with Crippen molar-refractivity contribution in [1.82, 2.24) is 9.88 Å². The fourth-order valence-electron chi connectivity index (χ4n) is 2.67. The number of carbonyl (C=O) groups is 1. The molecule has 1 amide bonds. The molecule has 0 saturated carbocycles. The molecule has 0 radical (unpaired) electrons. The van der Waals surface area contributed by atoms with Crippen LogP contribution in [0.2, 0.25) is 0 Å². The van der Waals surface area contributed by atoms with E-state index in [1.807, 2.05) is 36.0 Å². The molecular formula is C18H17BrN2O2. The summed E-state index contributed by atoms with van der Waals surface area (Å²) in [6.45, 7) is 0.545. The second kappa shape index (κ2) is 6.46. The number of fused-ring (bicyclic) bond motifs is 1. The maximum atomic E-state index is 12.1. The number of hydrogen-bond acceptors (Lipinski definition) is 2. The fourth-order valence-corrected chi connectivity index (χ4v) is 2.94. The van der Waals surface area contributed by atoms with Gasteiger partial charge >= 0.3 is 0 Å². The predicted molar refractivity (Wildman–Crippen MR) is 94.8 cm³/mol. The average Bonchev–Trinajstić information content (AvgIpc) is 2.83. The number of carbonyl (C=O) groups excluding carboxylic acids is 1. The molecule has 0 atom stereocenters. The number of phenols is 1. The molecule has 4 nitrogen and oxygen atoms in total. The predicted octanol–water partition coefficient (Wildman–Crippen LogP) is 3.62. The van der Waals surface area contributed by atoms with Crippen molar-refractivity contribution in [2.45, 2.75) is 6.42 Å². The van der Waals surface area contributed by atoms with Crippen LogP contribution >= 0.6 is 15.9 Å². The smallest absolute Gasteiger partial charge is 0.251 e. The van der Waals surface area contributed by atoms with Gasteiger partial charge in [0.25, 0.3) is 5.91 Å². The summed E-state index contributed by atoms with van der Waals surface area (Å²) >= 11 is 3.35. The van der Waals surface area contributed by atoms with Crippen LogP contribution in [0.25, 0.3) is 10.9 Å². The largest absolute Gasteiger partial charge is 0.508 e. The zero-order valence-corrected chi connectivity index (χ0v) is 14.3. The number of nitrogens with zero attached hydrogens (tertiary/aromatic N) is 1. The van der Waals surface area contributed by atoms with Crippen LogP contribution in [0.5, 0.6) is 5.75 Å². The van der Waals surface area contributed by atoms with Gasteiger partial charge in [0.15, 0.2) is 0 Å². The maximum absolute atomic E-state index is 12.1. The Hall–Kier alpha value is -2.27. The molecule has 0 aliphatic heterocycles. The topological polar surface area (TPSA) is 54.3 Å². The minimum atomic E-state index is -0.0828. The van der Waals surface area contributed by atoms with Crippen LogP contribution in [-0.2, 0) is 13.5 Å². The molecule has 0 bridgehead atoms. The Morgan fingerprint density at radius 1 is 1.22 bits per heavy atom. The van der Waals surface area contributed by atoms with Crippen LogP contribution < -0.4 is 5.32 Å². The van der Waals surface area contributed by atoms with Crippen LogP contribution in [0.15, 0.2) is 53.1 Å². The molecule has 0 aliphatic rings. The Kier molecular flexibility index (Phi) is 4.39. The van der Waals surface area contributed by atoms with Gasteiger partial charge in [-0.25, -0.2) is 0 Å². The highest BCUT2D eigenvalue weighted by Crippen LogP contribution is 2.25. The molecule has 118 valence electrons. The average molecular weight is 373 g/mol. The molecule has 5 heteroatoms. The molecule has 0 spiro atoms. The van der Waals surface area contributed by atoms with Crippen LogP contribution in [-0.4, -0.2) is 22.1 Å². The highest BCUT2D eigenvalue weighted by molar-refractivity contribution is 9.10. The Morgan fingerprint density at radius 2 is 1.96 bits per heavy atom. The molecule has 2 aromatic carbocycles. The summed E-state index contributed by atoms with van der Waals surface area (Å²) in [7, 11) is 1.98. The summed E-state index contributed by atoms with van der Waals surface area (Å²) in [5.41, 5.74) is 2.82. The maximum Gasteiger partial charge on any atom is 0.251 e. The number of aryl methyl sites for hydroxylation is 1. The molecule has 23 heavy (non-hydrogen) atoms. The van der Waals surface area contributed by atoms with Crippen molar-refractivity contribution in [1.29, 1.82) is 0 Å². The Morgan fingerprint density at radius 3 is 2.70 bits per heavy atom. The van der Waals surface area contributed by atoms with Gasteiger partial charge in [0.05, 0.1) is 0 Å². The van der Waals surface area contributed by atoms with E-state index >= 15 is 0 Å². The van der Waals surface area contributed by atoms with Crippen molar-refractivity contribution in [2.24, 2.45) is 7.05 Å². The first kappa shape index (κ1) is 15.6. The van der Waals surface area contributed by atoms with Crippen molar-refractivity contribution in [3.8, 4) is 5.75 Å². The summed E-state index contributed by atoms with van der Waals surface area (Å²) in [5, 5.41) is 13.6. The Bertz CT molecular complexity index is 853. The van der Waals surface area contributed by atoms with E-state index in [0.717, 1.165) is 20.9 Å². The second-order valence-corrected chi connectivity index (χ2v) is 6.40. The third-order valence-electron chi connectivity index (χ3n) is 3.84. The summed E-state index contributed by atoms with van der Waals surface area (Å²) < 4.78 is 2.98. The molecule has 2 N–H and O–H groups in total. The van der Waals surface area contributed by atoms with Gasteiger partial charge in [-0.1, -0.05) is 15.9 Å². The van der Waals surface area contributed by atoms with E-state index in [1.165, 1.54) is 0 Å². The molecule has 0 saturated heterocycles. The lowest BCUT2D eigenvalue weighted by atomic mass is 10.1. The zero-order chi connectivity index (χ0) is 16.4. The zero-order valence-electron chi connectivity index (χ0n) is 12.7. The minimum Gasteiger partial charge on any atom is -0.508 e. The Labute approximate surface area is 142 Å². The first-order valence-electron chi connectivity index (χ1n) is 7.35. The van der Waals surface area contributed by atoms with Crippen molar-refractivity contribution in [3.63, 3.8) is 0 Å². The van der Waals surface area contributed by atoms with Crippen molar-refractivity contribution in [2.75, 3.05) is 6.54 Å². The molecule has 0 aliphatic carbocycles. The molecule has 0 fully saturated rings. The normalized spacial score (nSPS) is 10.9. The first-order valence-corrected chi connectivity index (χ1v) is 8.14. The van der Waals surface area contributed by atoms with Crippen LogP contribution in [0, 0.1) is 0 Å². The van der Waals surface area contributed by atoms with E-state index in [9.17, 15) is 9.90 Å². The van der Waals surface area contributed by atoms with E-state index in [0.29, 0.717) is 18.5 Å². The van der Waals surface area contributed by atoms with Crippen LogP contribution in [0.1, 0.15) is 15.9 Å². The second-order valence-electron chi connectivity index (χ2n) is 5.48. The summed E-state index contributed by atoms with van der Waals surface area (Å²) in [4.78, 5) is 12.1. The summed E-state index contributed by atoms with van der Waals surface area (Å²) in [5.74, 6) is 0.171. The van der Waals surface area contributed by atoms with Gasteiger partial charge in [-0.05, 0) is 54.4 Å². The van der Waals surface area contributed by atoms with E-state index in [4.69, 9.17) is 0 Å². The molecule has 1 heterocycles. The van der Waals surface area contributed by atoms with Crippen LogP contribution in [0.3, 0.4) is 0 Å². The SMILES string of the molecule is Cn1cc(CCNC(=O)c2ccc(Br)cc2)c2cc(O)ccc21. The number of amides is 1. The minimum absolute atomic E-state index is 0.0828.